The summed E-state index contributed by atoms with van der Waals surface area (Å²) in [6, 6.07) is 8.10. The maximum absolute atomic E-state index is 5.93. The molecule has 1 aromatic carbocycles. The SMILES string of the molecule is CCNC(=NCc1oc2ccccc2c1C)NCCCCOCCOC. The second-order valence-electron chi connectivity index (χ2n) is 6.08. The van der Waals surface area contributed by atoms with Gasteiger partial charge in [-0.1, -0.05) is 18.2 Å². The van der Waals surface area contributed by atoms with Crippen molar-refractivity contribution in [1.29, 1.82) is 0 Å². The van der Waals surface area contributed by atoms with Gasteiger partial charge in [0, 0.05) is 37.8 Å². The molecule has 1 heterocycles. The topological polar surface area (TPSA) is 68.0 Å². The zero-order valence-corrected chi connectivity index (χ0v) is 16.1. The number of fused-ring (bicyclic) bond motifs is 1. The number of rotatable bonds is 11. The number of guanidine groups is 1. The van der Waals surface area contributed by atoms with Gasteiger partial charge in [0.15, 0.2) is 5.96 Å². The molecule has 2 aromatic rings. The summed E-state index contributed by atoms with van der Waals surface area (Å²) in [5.41, 5.74) is 2.08. The van der Waals surface area contributed by atoms with Gasteiger partial charge in [0.05, 0.1) is 13.2 Å². The van der Waals surface area contributed by atoms with Crippen molar-refractivity contribution in [3.8, 4) is 0 Å². The van der Waals surface area contributed by atoms with Gasteiger partial charge in [-0.2, -0.15) is 0 Å². The van der Waals surface area contributed by atoms with Crippen LogP contribution in [0.1, 0.15) is 31.1 Å². The molecule has 0 saturated heterocycles. The normalized spacial score (nSPS) is 11.9. The lowest BCUT2D eigenvalue weighted by Gasteiger charge is -2.11. The first-order chi connectivity index (χ1) is 12.8. The second kappa shape index (κ2) is 11.5. The van der Waals surface area contributed by atoms with Crippen LogP contribution >= 0.6 is 0 Å². The van der Waals surface area contributed by atoms with Crippen LogP contribution in [0.25, 0.3) is 11.0 Å². The summed E-state index contributed by atoms with van der Waals surface area (Å²) in [6.45, 7) is 8.42. The van der Waals surface area contributed by atoms with Crippen LogP contribution in [-0.2, 0) is 16.0 Å². The number of para-hydroxylation sites is 1. The molecule has 6 heteroatoms. The predicted octanol–water partition coefficient (Wildman–Crippen LogP) is 3.24. The Morgan fingerprint density at radius 1 is 1.12 bits per heavy atom. The minimum absolute atomic E-state index is 0.524. The van der Waals surface area contributed by atoms with Gasteiger partial charge < -0.3 is 24.5 Å². The molecule has 0 bridgehead atoms. The smallest absolute Gasteiger partial charge is 0.191 e. The molecule has 0 aliphatic carbocycles. The number of aryl methyl sites for hydroxylation is 1. The molecule has 0 radical (unpaired) electrons. The molecule has 2 N–H and O–H groups in total. The fraction of sp³-hybridized carbons (Fsp3) is 0.550. The largest absolute Gasteiger partial charge is 0.459 e. The van der Waals surface area contributed by atoms with Crippen LogP contribution in [-0.4, -0.2) is 46.0 Å². The summed E-state index contributed by atoms with van der Waals surface area (Å²) in [5, 5.41) is 7.79. The molecule has 0 aliphatic rings. The van der Waals surface area contributed by atoms with E-state index in [4.69, 9.17) is 13.9 Å². The van der Waals surface area contributed by atoms with E-state index in [1.165, 1.54) is 0 Å². The van der Waals surface area contributed by atoms with E-state index in [0.717, 1.165) is 60.8 Å². The number of hydrogen-bond acceptors (Lipinski definition) is 4. The Morgan fingerprint density at radius 2 is 1.96 bits per heavy atom. The Hall–Kier alpha value is -2.05. The number of aliphatic imine (C=N–C) groups is 1. The Balaban J connectivity index is 1.79. The van der Waals surface area contributed by atoms with E-state index in [9.17, 15) is 0 Å². The van der Waals surface area contributed by atoms with Crippen molar-refractivity contribution < 1.29 is 13.9 Å². The molecule has 6 nitrogen and oxygen atoms in total. The molecule has 2 rings (SSSR count). The molecule has 0 atom stereocenters. The van der Waals surface area contributed by atoms with E-state index in [1.54, 1.807) is 7.11 Å². The number of benzene rings is 1. The van der Waals surface area contributed by atoms with Crippen molar-refractivity contribution in [2.45, 2.75) is 33.2 Å². The van der Waals surface area contributed by atoms with Crippen LogP contribution in [0, 0.1) is 6.92 Å². The highest BCUT2D eigenvalue weighted by molar-refractivity contribution is 5.82. The Kier molecular flexibility index (Phi) is 9.00. The fourth-order valence-electron chi connectivity index (χ4n) is 2.65. The summed E-state index contributed by atoms with van der Waals surface area (Å²) in [5.74, 6) is 1.72. The molecule has 0 aliphatic heterocycles. The number of unbranched alkanes of at least 4 members (excludes halogenated alkanes) is 1. The molecule has 144 valence electrons. The third-order valence-corrected chi connectivity index (χ3v) is 4.11. The molecule has 26 heavy (non-hydrogen) atoms. The van der Waals surface area contributed by atoms with Crippen LogP contribution in [0.4, 0.5) is 0 Å². The number of furan rings is 1. The molecule has 1 aromatic heterocycles. The molecule has 0 unspecified atom stereocenters. The summed E-state index contributed by atoms with van der Waals surface area (Å²) in [4.78, 5) is 4.65. The average Bonchev–Trinajstić information content (AvgIpc) is 2.98. The summed E-state index contributed by atoms with van der Waals surface area (Å²) in [6.07, 6.45) is 2.04. The van der Waals surface area contributed by atoms with E-state index in [1.807, 2.05) is 18.2 Å². The van der Waals surface area contributed by atoms with E-state index in [0.29, 0.717) is 19.8 Å². The number of ether oxygens (including phenoxy) is 2. The molecular weight excluding hydrogens is 330 g/mol. The molecule has 0 saturated carbocycles. The van der Waals surface area contributed by atoms with E-state index >= 15 is 0 Å². The maximum Gasteiger partial charge on any atom is 0.191 e. The minimum atomic E-state index is 0.524. The fourth-order valence-corrected chi connectivity index (χ4v) is 2.65. The maximum atomic E-state index is 5.93. The van der Waals surface area contributed by atoms with E-state index in [2.05, 4.69) is 35.5 Å². The first kappa shape index (κ1) is 20.3. The highest BCUT2D eigenvalue weighted by Crippen LogP contribution is 2.25. The standard InChI is InChI=1S/C20H31N3O3/c1-4-21-20(22-11-7-8-12-25-14-13-24-3)23-15-19-16(2)17-9-5-6-10-18(17)26-19/h5-6,9-10H,4,7-8,11-15H2,1-3H3,(H2,21,22,23). The lowest BCUT2D eigenvalue weighted by molar-refractivity contribution is 0.0689. The summed E-state index contributed by atoms with van der Waals surface area (Å²) in [7, 11) is 1.68. The Labute approximate surface area is 156 Å². The second-order valence-corrected chi connectivity index (χ2v) is 6.08. The van der Waals surface area contributed by atoms with Crippen LogP contribution in [0.15, 0.2) is 33.7 Å². The van der Waals surface area contributed by atoms with Crippen molar-refractivity contribution in [2.75, 3.05) is 40.0 Å². The monoisotopic (exact) mass is 361 g/mol. The Morgan fingerprint density at radius 3 is 2.73 bits per heavy atom. The molecule has 0 spiro atoms. The number of methoxy groups -OCH3 is 1. The first-order valence-corrected chi connectivity index (χ1v) is 9.32. The number of hydrogen-bond donors (Lipinski definition) is 2. The first-order valence-electron chi connectivity index (χ1n) is 9.32. The van der Waals surface area contributed by atoms with Crippen LogP contribution < -0.4 is 10.6 Å². The van der Waals surface area contributed by atoms with Gasteiger partial charge in [-0.15, -0.1) is 0 Å². The van der Waals surface area contributed by atoms with Crippen molar-refractivity contribution in [1.82, 2.24) is 10.6 Å². The van der Waals surface area contributed by atoms with Gasteiger partial charge in [0.2, 0.25) is 0 Å². The van der Waals surface area contributed by atoms with Crippen molar-refractivity contribution >= 4 is 16.9 Å². The van der Waals surface area contributed by atoms with Crippen LogP contribution in [0.3, 0.4) is 0 Å². The summed E-state index contributed by atoms with van der Waals surface area (Å²) < 4.78 is 16.3. The van der Waals surface area contributed by atoms with Gasteiger partial charge in [0.25, 0.3) is 0 Å². The highest BCUT2D eigenvalue weighted by atomic mass is 16.5. The van der Waals surface area contributed by atoms with Gasteiger partial charge in [0.1, 0.15) is 17.9 Å². The lowest BCUT2D eigenvalue weighted by Crippen LogP contribution is -2.37. The van der Waals surface area contributed by atoms with Gasteiger partial charge >= 0.3 is 0 Å². The quantitative estimate of drug-likeness (QED) is 0.365. The third-order valence-electron chi connectivity index (χ3n) is 4.11. The predicted molar refractivity (Wildman–Crippen MR) is 106 cm³/mol. The zero-order valence-electron chi connectivity index (χ0n) is 16.1. The minimum Gasteiger partial charge on any atom is -0.459 e. The number of nitrogens with zero attached hydrogens (tertiary/aromatic N) is 1. The summed E-state index contributed by atoms with van der Waals surface area (Å²) >= 11 is 0. The van der Waals surface area contributed by atoms with Gasteiger partial charge in [-0.3, -0.25) is 0 Å². The molecular formula is C20H31N3O3. The molecule has 0 amide bonds. The van der Waals surface area contributed by atoms with Gasteiger partial charge in [-0.05, 0) is 32.8 Å². The van der Waals surface area contributed by atoms with Crippen LogP contribution in [0.2, 0.25) is 0 Å². The van der Waals surface area contributed by atoms with Crippen molar-refractivity contribution in [3.63, 3.8) is 0 Å². The van der Waals surface area contributed by atoms with Crippen molar-refractivity contribution in [2.24, 2.45) is 4.99 Å². The average molecular weight is 361 g/mol. The van der Waals surface area contributed by atoms with Crippen molar-refractivity contribution in [3.05, 3.63) is 35.6 Å². The highest BCUT2D eigenvalue weighted by Gasteiger charge is 2.09. The van der Waals surface area contributed by atoms with Gasteiger partial charge in [-0.25, -0.2) is 4.99 Å². The van der Waals surface area contributed by atoms with E-state index < -0.39 is 0 Å². The third kappa shape index (κ3) is 6.35. The van der Waals surface area contributed by atoms with Crippen LogP contribution in [0.5, 0.6) is 0 Å². The van der Waals surface area contributed by atoms with E-state index in [-0.39, 0.29) is 0 Å². The Bertz CT molecular complexity index is 682. The zero-order chi connectivity index (χ0) is 18.6. The number of nitrogens with one attached hydrogen (secondary N) is 2. The molecule has 0 fully saturated rings. The lowest BCUT2D eigenvalue weighted by atomic mass is 10.1.